The Labute approximate surface area is 173 Å². The Bertz CT molecular complexity index is 1210. The molecule has 0 saturated carbocycles. The van der Waals surface area contributed by atoms with Gasteiger partial charge >= 0.3 is 0 Å². The Balaban J connectivity index is 1.76. The smallest absolute Gasteiger partial charge is 0.259 e. The summed E-state index contributed by atoms with van der Waals surface area (Å²) >= 11 is 5.95. The molecule has 29 heavy (non-hydrogen) atoms. The quantitative estimate of drug-likeness (QED) is 0.455. The third kappa shape index (κ3) is 3.63. The van der Waals surface area contributed by atoms with Crippen LogP contribution in [-0.2, 0) is 6.54 Å². The molecule has 0 atom stereocenters. The zero-order valence-electron chi connectivity index (χ0n) is 16.6. The molecule has 1 aromatic carbocycles. The van der Waals surface area contributed by atoms with Crippen molar-refractivity contribution in [1.29, 1.82) is 0 Å². The van der Waals surface area contributed by atoms with Gasteiger partial charge in [0.15, 0.2) is 0 Å². The van der Waals surface area contributed by atoms with Crippen molar-refractivity contribution < 1.29 is 13.7 Å². The van der Waals surface area contributed by atoms with Gasteiger partial charge in [-0.1, -0.05) is 28.9 Å². The monoisotopic (exact) mass is 409 g/mol. The summed E-state index contributed by atoms with van der Waals surface area (Å²) < 4.78 is 11.0. The Morgan fingerprint density at radius 2 is 1.86 bits per heavy atom. The van der Waals surface area contributed by atoms with Gasteiger partial charge in [-0.2, -0.15) is 0 Å². The lowest BCUT2D eigenvalue weighted by molar-refractivity contribution is 0.0787. The van der Waals surface area contributed by atoms with Gasteiger partial charge in [0.1, 0.15) is 11.5 Å². The van der Waals surface area contributed by atoms with Crippen LogP contribution >= 0.6 is 11.6 Å². The number of hydrogen-bond donors (Lipinski definition) is 0. The molecule has 0 unspecified atom stereocenters. The number of benzene rings is 1. The topological polar surface area (TPSA) is 72.4 Å². The van der Waals surface area contributed by atoms with E-state index in [2.05, 4.69) is 10.1 Å². The van der Waals surface area contributed by atoms with Gasteiger partial charge in [0.25, 0.3) is 11.6 Å². The van der Waals surface area contributed by atoms with E-state index in [1.165, 1.54) is 0 Å². The first-order valence-corrected chi connectivity index (χ1v) is 9.55. The number of furan rings is 1. The van der Waals surface area contributed by atoms with Crippen molar-refractivity contribution in [1.82, 2.24) is 15.0 Å². The Morgan fingerprint density at radius 3 is 2.52 bits per heavy atom. The molecule has 3 aromatic heterocycles. The maximum atomic E-state index is 13.3. The minimum absolute atomic E-state index is 0.141. The molecule has 1 amide bonds. The Kier molecular flexibility index (Phi) is 4.88. The number of carbonyl (C=O) groups excluding carboxylic acids is 1. The molecular formula is C22H20ClN3O3. The molecule has 4 rings (SSSR count). The molecular weight excluding hydrogens is 390 g/mol. The number of amides is 1. The van der Waals surface area contributed by atoms with Gasteiger partial charge in [-0.05, 0) is 50.6 Å². The van der Waals surface area contributed by atoms with E-state index >= 15 is 0 Å². The van der Waals surface area contributed by atoms with Crippen molar-refractivity contribution >= 4 is 28.6 Å². The van der Waals surface area contributed by atoms with Crippen molar-refractivity contribution in [2.45, 2.75) is 27.3 Å². The summed E-state index contributed by atoms with van der Waals surface area (Å²) in [5.41, 5.74) is 3.89. The standard InChI is InChI=1S/C22H20ClN3O3/c1-12-9-17(14(3)28-12)19-10-18(20-13(2)25-29-21(20)24-19)22(27)26(4)11-15-5-7-16(23)8-6-15/h5-10H,11H2,1-4H3. The molecule has 0 aliphatic rings. The maximum absolute atomic E-state index is 13.3. The summed E-state index contributed by atoms with van der Waals surface area (Å²) in [5, 5.41) is 5.29. The van der Waals surface area contributed by atoms with Crippen LogP contribution in [0.4, 0.5) is 0 Å². The zero-order chi connectivity index (χ0) is 20.7. The fraction of sp³-hybridized carbons (Fsp3) is 0.227. The number of halogens is 1. The summed E-state index contributed by atoms with van der Waals surface area (Å²) in [7, 11) is 1.76. The van der Waals surface area contributed by atoms with Crippen LogP contribution in [0.2, 0.25) is 5.02 Å². The lowest BCUT2D eigenvalue weighted by Crippen LogP contribution is -2.26. The predicted molar refractivity (Wildman–Crippen MR) is 111 cm³/mol. The molecule has 3 heterocycles. The highest BCUT2D eigenvalue weighted by molar-refractivity contribution is 6.30. The summed E-state index contributed by atoms with van der Waals surface area (Å²) in [6.45, 7) is 5.99. The predicted octanol–water partition coefficient (Wildman–Crippen LogP) is 5.33. The number of aromatic nitrogens is 2. The van der Waals surface area contributed by atoms with Crippen molar-refractivity contribution in [3.63, 3.8) is 0 Å². The van der Waals surface area contributed by atoms with Crippen molar-refractivity contribution in [3.8, 4) is 11.3 Å². The Hall–Kier alpha value is -3.12. The van der Waals surface area contributed by atoms with Crippen LogP contribution < -0.4 is 0 Å². The first-order chi connectivity index (χ1) is 13.8. The second-order valence-corrected chi connectivity index (χ2v) is 7.55. The first-order valence-electron chi connectivity index (χ1n) is 9.18. The number of pyridine rings is 1. The van der Waals surface area contributed by atoms with E-state index in [1.54, 1.807) is 24.9 Å². The molecule has 6 nitrogen and oxygen atoms in total. The fourth-order valence-corrected chi connectivity index (χ4v) is 3.55. The molecule has 0 radical (unpaired) electrons. The van der Waals surface area contributed by atoms with Crippen LogP contribution in [0.1, 0.15) is 33.1 Å². The summed E-state index contributed by atoms with van der Waals surface area (Å²) in [4.78, 5) is 19.5. The Morgan fingerprint density at radius 1 is 1.14 bits per heavy atom. The van der Waals surface area contributed by atoms with E-state index in [9.17, 15) is 4.79 Å². The number of hydrogen-bond acceptors (Lipinski definition) is 5. The normalized spacial score (nSPS) is 11.2. The first kappa shape index (κ1) is 19.2. The number of carbonyl (C=O) groups is 1. The molecule has 0 spiro atoms. The van der Waals surface area contributed by atoms with Crippen molar-refractivity contribution in [2.75, 3.05) is 7.05 Å². The van der Waals surface area contributed by atoms with Crippen LogP contribution in [0.25, 0.3) is 22.4 Å². The number of aryl methyl sites for hydroxylation is 3. The van der Waals surface area contributed by atoms with E-state index in [1.807, 2.05) is 44.2 Å². The van der Waals surface area contributed by atoms with Gasteiger partial charge in [0.05, 0.1) is 22.3 Å². The van der Waals surface area contributed by atoms with E-state index < -0.39 is 0 Å². The molecule has 0 bridgehead atoms. The van der Waals surface area contributed by atoms with Crippen LogP contribution in [0.5, 0.6) is 0 Å². The summed E-state index contributed by atoms with van der Waals surface area (Å²) in [5.74, 6) is 1.37. The average Bonchev–Trinajstić information content (AvgIpc) is 3.23. The molecule has 0 aliphatic heterocycles. The highest BCUT2D eigenvalue weighted by Crippen LogP contribution is 2.31. The molecule has 148 valence electrons. The molecule has 7 heteroatoms. The largest absolute Gasteiger partial charge is 0.466 e. The minimum Gasteiger partial charge on any atom is -0.466 e. The molecule has 4 aromatic rings. The van der Waals surface area contributed by atoms with Gasteiger partial charge in [0, 0.05) is 24.2 Å². The highest BCUT2D eigenvalue weighted by Gasteiger charge is 2.23. The third-order valence-electron chi connectivity index (χ3n) is 4.84. The number of nitrogens with zero attached hydrogens (tertiary/aromatic N) is 3. The molecule has 0 aliphatic carbocycles. The van der Waals surface area contributed by atoms with E-state index in [0.29, 0.717) is 39.6 Å². The zero-order valence-corrected chi connectivity index (χ0v) is 17.4. The lowest BCUT2D eigenvalue weighted by atomic mass is 10.0. The van der Waals surface area contributed by atoms with Crippen LogP contribution in [-0.4, -0.2) is 28.0 Å². The average molecular weight is 410 g/mol. The minimum atomic E-state index is -0.141. The SMILES string of the molecule is Cc1cc(-c2cc(C(=O)N(C)Cc3ccc(Cl)cc3)c3c(C)noc3n2)c(C)o1. The van der Waals surface area contributed by atoms with Gasteiger partial charge < -0.3 is 13.8 Å². The van der Waals surface area contributed by atoms with Crippen molar-refractivity contribution in [3.05, 3.63) is 69.8 Å². The second kappa shape index (κ2) is 7.37. The van der Waals surface area contributed by atoms with E-state index in [0.717, 1.165) is 22.6 Å². The van der Waals surface area contributed by atoms with Gasteiger partial charge in [-0.15, -0.1) is 0 Å². The van der Waals surface area contributed by atoms with Crippen LogP contribution in [0.3, 0.4) is 0 Å². The van der Waals surface area contributed by atoms with E-state index in [4.69, 9.17) is 20.5 Å². The van der Waals surface area contributed by atoms with Gasteiger partial charge in [-0.3, -0.25) is 4.79 Å². The molecule has 0 N–H and O–H groups in total. The van der Waals surface area contributed by atoms with Gasteiger partial charge in [-0.25, -0.2) is 4.98 Å². The number of rotatable bonds is 4. The second-order valence-electron chi connectivity index (χ2n) is 7.12. The molecule has 0 fully saturated rings. The van der Waals surface area contributed by atoms with Crippen LogP contribution in [0, 0.1) is 20.8 Å². The fourth-order valence-electron chi connectivity index (χ4n) is 3.43. The summed E-state index contributed by atoms with van der Waals surface area (Å²) in [6, 6.07) is 11.1. The van der Waals surface area contributed by atoms with E-state index in [-0.39, 0.29) is 5.91 Å². The highest BCUT2D eigenvalue weighted by atomic mass is 35.5. The van der Waals surface area contributed by atoms with Crippen LogP contribution in [0.15, 0.2) is 45.3 Å². The van der Waals surface area contributed by atoms with Crippen molar-refractivity contribution in [2.24, 2.45) is 0 Å². The molecule has 0 saturated heterocycles. The lowest BCUT2D eigenvalue weighted by Gasteiger charge is -2.18. The number of fused-ring (bicyclic) bond motifs is 1. The summed E-state index contributed by atoms with van der Waals surface area (Å²) in [6.07, 6.45) is 0. The third-order valence-corrected chi connectivity index (χ3v) is 5.10. The van der Waals surface area contributed by atoms with Gasteiger partial charge in [0.2, 0.25) is 0 Å². The maximum Gasteiger partial charge on any atom is 0.259 e.